The monoisotopic (exact) mass is 272 g/mol. The van der Waals surface area contributed by atoms with Crippen molar-refractivity contribution in [2.45, 2.75) is 13.8 Å². The molecule has 0 atom stereocenters. The van der Waals surface area contributed by atoms with Gasteiger partial charge in [-0.3, -0.25) is 0 Å². The summed E-state index contributed by atoms with van der Waals surface area (Å²) in [7, 11) is 4.89. The predicted octanol–water partition coefficient (Wildman–Crippen LogP) is 4.38. The molecule has 0 aromatic heterocycles. The van der Waals surface area contributed by atoms with Crippen LogP contribution in [0.15, 0.2) is 48.5 Å². The fourth-order valence-corrected chi connectivity index (χ4v) is 3.38. The Morgan fingerprint density at radius 2 is 1.05 bits per heavy atom. The molecule has 0 aliphatic carbocycles. The molecule has 2 nitrogen and oxygen atoms in total. The Kier molecular flexibility index (Phi) is 4.44. The van der Waals surface area contributed by atoms with E-state index in [1.807, 2.05) is 0 Å². The summed E-state index contributed by atoms with van der Waals surface area (Å²) in [6.45, 7) is 4.31. The lowest BCUT2D eigenvalue weighted by atomic mass is 10.2. The third-order valence-corrected chi connectivity index (χ3v) is 4.34. The van der Waals surface area contributed by atoms with Crippen LogP contribution in [-0.2, 0) is 0 Å². The molecular weight excluding hydrogens is 251 g/mol. The maximum absolute atomic E-state index is 2.31. The largest absolute Gasteiger partial charge is 0.339 e. The van der Waals surface area contributed by atoms with Crippen LogP contribution in [0.25, 0.3) is 0 Å². The highest BCUT2D eigenvalue weighted by molar-refractivity contribution is 7.42. The molecule has 2 rings (SSSR count). The lowest BCUT2D eigenvalue weighted by molar-refractivity contribution is 1.24. The number of benzene rings is 2. The average molecular weight is 272 g/mol. The molecule has 0 saturated carbocycles. The van der Waals surface area contributed by atoms with E-state index in [0.29, 0.717) is 8.88 Å². The molecule has 0 aliphatic rings. The Morgan fingerprint density at radius 3 is 1.42 bits per heavy atom. The standard InChI is InChI=1S/C16H21N2P/c1-13-9-5-7-11-15(13)17(3)19-18(4)16-12-8-6-10-14(16)2/h5-12,19H,1-4H3. The molecular formula is C16H21N2P. The summed E-state index contributed by atoms with van der Waals surface area (Å²) in [4.78, 5) is 0. The average Bonchev–Trinajstić information content (AvgIpc) is 2.39. The molecule has 2 aromatic rings. The first kappa shape index (κ1) is 13.9. The van der Waals surface area contributed by atoms with Gasteiger partial charge in [0.25, 0.3) is 0 Å². The summed E-state index contributed by atoms with van der Waals surface area (Å²) in [5.41, 5.74) is 5.22. The lowest BCUT2D eigenvalue weighted by Crippen LogP contribution is -2.16. The molecule has 0 heterocycles. The van der Waals surface area contributed by atoms with Gasteiger partial charge in [-0.15, -0.1) is 0 Å². The molecule has 0 amide bonds. The second-order valence-corrected chi connectivity index (χ2v) is 6.33. The molecule has 2 aromatic carbocycles. The Hall–Kier alpha value is -1.53. The number of hydrogen-bond acceptors (Lipinski definition) is 2. The molecule has 0 bridgehead atoms. The van der Waals surface area contributed by atoms with Crippen molar-refractivity contribution in [2.75, 3.05) is 23.4 Å². The molecule has 100 valence electrons. The second-order valence-electron chi connectivity index (χ2n) is 4.79. The van der Waals surface area contributed by atoms with E-state index >= 15 is 0 Å². The Balaban J connectivity index is 2.13. The zero-order valence-electron chi connectivity index (χ0n) is 12.0. The Bertz CT molecular complexity index is 504. The van der Waals surface area contributed by atoms with Gasteiger partial charge in [-0.1, -0.05) is 36.4 Å². The van der Waals surface area contributed by atoms with Crippen LogP contribution in [-0.4, -0.2) is 14.1 Å². The second kappa shape index (κ2) is 6.08. The summed E-state index contributed by atoms with van der Waals surface area (Å²) >= 11 is 0. The molecule has 0 radical (unpaired) electrons. The van der Waals surface area contributed by atoms with Crippen molar-refractivity contribution in [1.82, 2.24) is 0 Å². The molecule has 0 N–H and O–H groups in total. The van der Waals surface area contributed by atoms with E-state index in [0.717, 1.165) is 0 Å². The summed E-state index contributed by atoms with van der Waals surface area (Å²) in [5.74, 6) is 0. The zero-order valence-corrected chi connectivity index (χ0v) is 13.0. The third kappa shape index (κ3) is 3.27. The molecule has 19 heavy (non-hydrogen) atoms. The van der Waals surface area contributed by atoms with Crippen LogP contribution in [0.1, 0.15) is 11.1 Å². The topological polar surface area (TPSA) is 6.48 Å². The van der Waals surface area contributed by atoms with Crippen LogP contribution in [0.2, 0.25) is 0 Å². The minimum Gasteiger partial charge on any atom is -0.339 e. The van der Waals surface area contributed by atoms with Crippen LogP contribution >= 0.6 is 8.88 Å². The number of para-hydroxylation sites is 2. The van der Waals surface area contributed by atoms with Gasteiger partial charge < -0.3 is 9.34 Å². The van der Waals surface area contributed by atoms with Crippen molar-refractivity contribution in [3.8, 4) is 0 Å². The van der Waals surface area contributed by atoms with Crippen LogP contribution < -0.4 is 9.34 Å². The predicted molar refractivity (Wildman–Crippen MR) is 87.5 cm³/mol. The van der Waals surface area contributed by atoms with Gasteiger partial charge in [-0.2, -0.15) is 0 Å². The van der Waals surface area contributed by atoms with Crippen molar-refractivity contribution in [3.63, 3.8) is 0 Å². The van der Waals surface area contributed by atoms with Gasteiger partial charge in [0.05, 0.1) is 8.88 Å². The van der Waals surface area contributed by atoms with E-state index in [1.54, 1.807) is 0 Å². The minimum absolute atomic E-state index is 0.594. The normalized spacial score (nSPS) is 10.3. The molecule has 3 heteroatoms. The number of aryl methyl sites for hydroxylation is 2. The summed E-state index contributed by atoms with van der Waals surface area (Å²) in [6.07, 6.45) is 0. The van der Waals surface area contributed by atoms with E-state index in [-0.39, 0.29) is 0 Å². The molecule has 0 aliphatic heterocycles. The SMILES string of the molecule is Cc1ccccc1N(C)PN(C)c1ccccc1C. The van der Waals surface area contributed by atoms with Gasteiger partial charge in [0.1, 0.15) is 0 Å². The first-order chi connectivity index (χ1) is 9.09. The van der Waals surface area contributed by atoms with Crippen LogP contribution in [0, 0.1) is 13.8 Å². The number of hydrogen-bond donors (Lipinski definition) is 0. The van der Waals surface area contributed by atoms with Crippen LogP contribution in [0.5, 0.6) is 0 Å². The first-order valence-corrected chi connectivity index (χ1v) is 7.34. The lowest BCUT2D eigenvalue weighted by Gasteiger charge is -2.29. The quantitative estimate of drug-likeness (QED) is 0.762. The highest BCUT2D eigenvalue weighted by Crippen LogP contribution is 2.34. The number of rotatable bonds is 4. The highest BCUT2D eigenvalue weighted by Gasteiger charge is 2.09. The van der Waals surface area contributed by atoms with Crippen molar-refractivity contribution in [2.24, 2.45) is 0 Å². The van der Waals surface area contributed by atoms with Crippen molar-refractivity contribution in [3.05, 3.63) is 59.7 Å². The summed E-state index contributed by atoms with van der Waals surface area (Å²) in [5, 5.41) is 0. The smallest absolute Gasteiger partial charge is 0.0793 e. The van der Waals surface area contributed by atoms with Gasteiger partial charge in [0.15, 0.2) is 0 Å². The molecule has 0 saturated heterocycles. The van der Waals surface area contributed by atoms with Gasteiger partial charge in [0.2, 0.25) is 0 Å². The van der Waals surface area contributed by atoms with E-state index < -0.39 is 0 Å². The number of anilines is 2. The van der Waals surface area contributed by atoms with Gasteiger partial charge in [0, 0.05) is 25.5 Å². The number of nitrogens with zero attached hydrogens (tertiary/aromatic N) is 2. The highest BCUT2D eigenvalue weighted by atomic mass is 31.1. The van der Waals surface area contributed by atoms with Gasteiger partial charge in [-0.05, 0) is 37.1 Å². The fraction of sp³-hybridized carbons (Fsp3) is 0.250. The fourth-order valence-electron chi connectivity index (χ4n) is 2.21. The zero-order chi connectivity index (χ0) is 13.8. The maximum atomic E-state index is 2.31. The molecule has 0 spiro atoms. The maximum Gasteiger partial charge on any atom is 0.0793 e. The van der Waals surface area contributed by atoms with Crippen LogP contribution in [0.4, 0.5) is 11.4 Å². The Labute approximate surface area is 117 Å². The molecule has 0 fully saturated rings. The van der Waals surface area contributed by atoms with E-state index in [9.17, 15) is 0 Å². The minimum atomic E-state index is 0.594. The van der Waals surface area contributed by atoms with E-state index in [2.05, 4.69) is 85.8 Å². The Morgan fingerprint density at radius 1 is 0.684 bits per heavy atom. The molecule has 0 unspecified atom stereocenters. The van der Waals surface area contributed by atoms with Crippen molar-refractivity contribution in [1.29, 1.82) is 0 Å². The van der Waals surface area contributed by atoms with Gasteiger partial charge >= 0.3 is 0 Å². The summed E-state index contributed by atoms with van der Waals surface area (Å²) < 4.78 is 4.61. The third-order valence-electron chi connectivity index (χ3n) is 3.25. The van der Waals surface area contributed by atoms with Gasteiger partial charge in [-0.25, -0.2) is 0 Å². The van der Waals surface area contributed by atoms with Crippen molar-refractivity contribution < 1.29 is 0 Å². The summed E-state index contributed by atoms with van der Waals surface area (Å²) in [6, 6.07) is 17.0. The first-order valence-electron chi connectivity index (χ1n) is 6.44. The van der Waals surface area contributed by atoms with Crippen LogP contribution in [0.3, 0.4) is 0 Å². The van der Waals surface area contributed by atoms with Crippen molar-refractivity contribution >= 4 is 20.3 Å². The van der Waals surface area contributed by atoms with E-state index in [4.69, 9.17) is 0 Å². The van der Waals surface area contributed by atoms with E-state index in [1.165, 1.54) is 22.5 Å².